The van der Waals surface area contributed by atoms with E-state index in [1.165, 1.54) is 11.6 Å². The van der Waals surface area contributed by atoms with Gasteiger partial charge < -0.3 is 15.0 Å². The fourth-order valence-corrected chi connectivity index (χ4v) is 4.50. The number of nitrogens with zero attached hydrogens (tertiary/aromatic N) is 5. The molecule has 1 unspecified atom stereocenters. The molecule has 1 atom stereocenters. The summed E-state index contributed by atoms with van der Waals surface area (Å²) in [4.78, 5) is 16.6. The highest BCUT2D eigenvalue weighted by atomic mass is 19.1. The Hall–Kier alpha value is -3.30. The minimum absolute atomic E-state index is 0.01000. The largest absolute Gasteiger partial charge is 0.365 e. The third-order valence-corrected chi connectivity index (χ3v) is 6.50. The van der Waals surface area contributed by atoms with Crippen LogP contribution in [0.3, 0.4) is 0 Å². The van der Waals surface area contributed by atoms with E-state index in [9.17, 15) is 9.18 Å². The number of nitrogens with one attached hydrogen (secondary N) is 1. The van der Waals surface area contributed by atoms with E-state index in [1.807, 2.05) is 33.8 Å². The maximum atomic E-state index is 14.1. The number of hydrogen-bond donors (Lipinski definition) is 1. The number of ether oxygens (including phenoxy) is 1. The van der Waals surface area contributed by atoms with Crippen LogP contribution in [0, 0.1) is 5.82 Å². The lowest BCUT2D eigenvalue weighted by atomic mass is 10.1. The highest BCUT2D eigenvalue weighted by Crippen LogP contribution is 2.28. The molecule has 2 amide bonds. The van der Waals surface area contributed by atoms with Crippen LogP contribution in [-0.4, -0.2) is 63.5 Å². The second kappa shape index (κ2) is 10.3. The fourth-order valence-electron chi connectivity index (χ4n) is 4.50. The lowest BCUT2D eigenvalue weighted by molar-refractivity contribution is -0.00416. The fraction of sp³-hybridized carbons (Fsp3) is 0.400. The quantitative estimate of drug-likeness (QED) is 0.607. The van der Waals surface area contributed by atoms with Crippen molar-refractivity contribution < 1.29 is 13.9 Å². The number of urea groups is 1. The van der Waals surface area contributed by atoms with Crippen LogP contribution in [0.4, 0.5) is 9.18 Å². The SMILES string of the molecule is O=C(NCCc1ccccc1)N1CCN(Cc2nnn3c2COC(c2ccccc2F)C3)CC1. The molecular weight excluding hydrogens is 435 g/mol. The normalized spacial score (nSPS) is 18.5. The number of hydrogen-bond acceptors (Lipinski definition) is 5. The van der Waals surface area contributed by atoms with Crippen molar-refractivity contribution in [2.75, 3.05) is 32.7 Å². The standard InChI is InChI=1S/C25H29FN6O2/c26-21-9-5-4-8-20(21)24-17-32-23(18-34-24)22(28-29-32)16-30-12-14-31(15-13-30)25(33)27-11-10-19-6-2-1-3-7-19/h1-9,24H,10-18H2,(H,27,33). The van der Waals surface area contributed by atoms with Gasteiger partial charge in [0.15, 0.2) is 0 Å². The summed E-state index contributed by atoms with van der Waals surface area (Å²) in [5.41, 5.74) is 3.58. The number of halogens is 1. The zero-order valence-corrected chi connectivity index (χ0v) is 19.1. The zero-order valence-electron chi connectivity index (χ0n) is 19.1. The van der Waals surface area contributed by atoms with Crippen LogP contribution in [0.25, 0.3) is 0 Å². The number of benzene rings is 2. The predicted molar refractivity (Wildman–Crippen MR) is 124 cm³/mol. The number of carbonyl (C=O) groups is 1. The van der Waals surface area contributed by atoms with Crippen molar-refractivity contribution >= 4 is 6.03 Å². The number of amides is 2. The van der Waals surface area contributed by atoms with Gasteiger partial charge in [-0.25, -0.2) is 13.9 Å². The van der Waals surface area contributed by atoms with Gasteiger partial charge in [0.05, 0.1) is 18.8 Å². The van der Waals surface area contributed by atoms with Crippen LogP contribution in [-0.2, 0) is 30.9 Å². The Balaban J connectivity index is 1.09. The van der Waals surface area contributed by atoms with Crippen LogP contribution in [0.2, 0.25) is 0 Å². The van der Waals surface area contributed by atoms with E-state index in [1.54, 1.807) is 12.1 Å². The molecule has 2 aliphatic rings. The van der Waals surface area contributed by atoms with Gasteiger partial charge >= 0.3 is 6.03 Å². The van der Waals surface area contributed by atoms with Crippen LogP contribution in [0.15, 0.2) is 54.6 Å². The lowest BCUT2D eigenvalue weighted by Crippen LogP contribution is -2.51. The summed E-state index contributed by atoms with van der Waals surface area (Å²) in [6.45, 7) is 4.98. The molecule has 3 aromatic rings. The minimum Gasteiger partial charge on any atom is -0.365 e. The molecule has 1 saturated heterocycles. The van der Waals surface area contributed by atoms with Crippen molar-refractivity contribution in [2.45, 2.75) is 32.2 Å². The summed E-state index contributed by atoms with van der Waals surface area (Å²) in [6.07, 6.45) is 0.456. The van der Waals surface area contributed by atoms with Crippen molar-refractivity contribution in [3.8, 4) is 0 Å². The molecule has 178 valence electrons. The van der Waals surface area contributed by atoms with E-state index in [2.05, 4.69) is 32.7 Å². The molecule has 8 nitrogen and oxygen atoms in total. The van der Waals surface area contributed by atoms with Gasteiger partial charge in [-0.15, -0.1) is 5.10 Å². The molecule has 0 saturated carbocycles. The number of aromatic nitrogens is 3. The molecule has 0 aliphatic carbocycles. The lowest BCUT2D eigenvalue weighted by Gasteiger charge is -2.34. The van der Waals surface area contributed by atoms with Crippen molar-refractivity contribution in [3.63, 3.8) is 0 Å². The molecule has 3 heterocycles. The van der Waals surface area contributed by atoms with Gasteiger partial charge in [0.1, 0.15) is 17.6 Å². The Morgan fingerprint density at radius 3 is 2.62 bits per heavy atom. The van der Waals surface area contributed by atoms with Crippen LogP contribution in [0.5, 0.6) is 0 Å². The van der Waals surface area contributed by atoms with Crippen molar-refractivity contribution in [1.82, 2.24) is 30.1 Å². The van der Waals surface area contributed by atoms with E-state index in [0.29, 0.717) is 44.9 Å². The molecule has 0 spiro atoms. The summed E-state index contributed by atoms with van der Waals surface area (Å²) in [6, 6.07) is 16.8. The zero-order chi connectivity index (χ0) is 23.3. The number of fused-ring (bicyclic) bond motifs is 1. The van der Waals surface area contributed by atoms with Gasteiger partial charge in [-0.05, 0) is 18.1 Å². The van der Waals surface area contributed by atoms with E-state index >= 15 is 0 Å². The monoisotopic (exact) mass is 464 g/mol. The van der Waals surface area contributed by atoms with Gasteiger partial charge in [-0.2, -0.15) is 0 Å². The van der Waals surface area contributed by atoms with Gasteiger partial charge in [0.2, 0.25) is 0 Å². The highest BCUT2D eigenvalue weighted by molar-refractivity contribution is 5.74. The summed E-state index contributed by atoms with van der Waals surface area (Å²) in [7, 11) is 0. The molecule has 2 aliphatic heterocycles. The molecule has 9 heteroatoms. The Labute approximate surface area is 198 Å². The second-order valence-electron chi connectivity index (χ2n) is 8.72. The highest BCUT2D eigenvalue weighted by Gasteiger charge is 2.28. The van der Waals surface area contributed by atoms with Gasteiger partial charge in [-0.3, -0.25) is 4.90 Å². The van der Waals surface area contributed by atoms with E-state index in [0.717, 1.165) is 30.9 Å². The summed E-state index contributed by atoms with van der Waals surface area (Å²) in [5.74, 6) is -0.265. The molecule has 1 N–H and O–H groups in total. The number of carbonyl (C=O) groups excluding carboxylic acids is 1. The van der Waals surface area contributed by atoms with E-state index in [4.69, 9.17) is 4.74 Å². The third kappa shape index (κ3) is 5.10. The average molecular weight is 465 g/mol. The van der Waals surface area contributed by atoms with Crippen molar-refractivity contribution in [2.24, 2.45) is 0 Å². The average Bonchev–Trinajstić information content (AvgIpc) is 3.27. The molecule has 1 aromatic heterocycles. The first-order valence-electron chi connectivity index (χ1n) is 11.7. The molecule has 5 rings (SSSR count). The Bertz CT molecular complexity index is 1110. The second-order valence-corrected chi connectivity index (χ2v) is 8.72. The third-order valence-electron chi connectivity index (χ3n) is 6.50. The minimum atomic E-state index is -0.368. The van der Waals surface area contributed by atoms with Gasteiger partial charge in [0.25, 0.3) is 0 Å². The van der Waals surface area contributed by atoms with Crippen LogP contribution < -0.4 is 5.32 Å². The van der Waals surface area contributed by atoms with Crippen molar-refractivity contribution in [3.05, 3.63) is 82.9 Å². The van der Waals surface area contributed by atoms with Gasteiger partial charge in [0, 0.05) is 44.8 Å². The first-order chi connectivity index (χ1) is 16.7. The number of piperazine rings is 1. The topological polar surface area (TPSA) is 75.5 Å². The van der Waals surface area contributed by atoms with E-state index < -0.39 is 0 Å². The predicted octanol–water partition coefficient (Wildman–Crippen LogP) is 2.76. The van der Waals surface area contributed by atoms with E-state index in [-0.39, 0.29) is 18.0 Å². The maximum Gasteiger partial charge on any atom is 0.317 e. The number of rotatable bonds is 6. The molecule has 2 aromatic carbocycles. The van der Waals surface area contributed by atoms with Crippen LogP contribution >= 0.6 is 0 Å². The molecule has 0 radical (unpaired) electrons. The van der Waals surface area contributed by atoms with Crippen LogP contribution in [0.1, 0.15) is 28.6 Å². The summed E-state index contributed by atoms with van der Waals surface area (Å²) in [5, 5.41) is 11.7. The first-order valence-corrected chi connectivity index (χ1v) is 11.7. The molecular formula is C25H29FN6O2. The summed E-state index contributed by atoms with van der Waals surface area (Å²) < 4.78 is 21.9. The molecule has 1 fully saturated rings. The molecule has 34 heavy (non-hydrogen) atoms. The Kier molecular flexibility index (Phi) is 6.82. The Morgan fingerprint density at radius 1 is 1.06 bits per heavy atom. The van der Waals surface area contributed by atoms with Crippen molar-refractivity contribution in [1.29, 1.82) is 0 Å². The van der Waals surface area contributed by atoms with Gasteiger partial charge in [-0.1, -0.05) is 53.7 Å². The maximum absolute atomic E-state index is 14.1. The smallest absolute Gasteiger partial charge is 0.317 e. The Morgan fingerprint density at radius 2 is 1.82 bits per heavy atom. The first kappa shape index (κ1) is 22.5. The molecule has 0 bridgehead atoms. The summed E-state index contributed by atoms with van der Waals surface area (Å²) >= 11 is 0.